The van der Waals surface area contributed by atoms with Gasteiger partial charge < -0.3 is 19.7 Å². The summed E-state index contributed by atoms with van der Waals surface area (Å²) in [6, 6.07) is 7.70. The molecule has 0 amide bonds. The van der Waals surface area contributed by atoms with Crippen LogP contribution in [0.4, 0.5) is 0 Å². The summed E-state index contributed by atoms with van der Waals surface area (Å²) in [6.07, 6.45) is 0.830. The first kappa shape index (κ1) is 16.0. The molecule has 108 valence electrons. The van der Waals surface area contributed by atoms with Crippen LogP contribution in [0.15, 0.2) is 24.3 Å². The highest BCUT2D eigenvalue weighted by Crippen LogP contribution is 2.13. The quantitative estimate of drug-likeness (QED) is 0.672. The lowest BCUT2D eigenvalue weighted by Gasteiger charge is -2.19. The van der Waals surface area contributed by atoms with Crippen molar-refractivity contribution >= 4 is 0 Å². The van der Waals surface area contributed by atoms with E-state index in [9.17, 15) is 5.11 Å². The minimum atomic E-state index is -0.495. The second kappa shape index (κ2) is 8.91. The minimum Gasteiger partial charge on any atom is -0.497 e. The first-order valence-corrected chi connectivity index (χ1v) is 6.70. The Morgan fingerprint density at radius 1 is 1.21 bits per heavy atom. The summed E-state index contributed by atoms with van der Waals surface area (Å²) in [4.78, 5) is 0. The molecule has 0 radical (unpaired) electrons. The Hall–Kier alpha value is -1.10. The van der Waals surface area contributed by atoms with Crippen LogP contribution in [0.3, 0.4) is 0 Å². The van der Waals surface area contributed by atoms with Gasteiger partial charge in [-0.3, -0.25) is 0 Å². The van der Waals surface area contributed by atoms with E-state index >= 15 is 0 Å². The number of methoxy groups -OCH3 is 1. The number of hydrogen-bond donors (Lipinski definition) is 2. The summed E-state index contributed by atoms with van der Waals surface area (Å²) >= 11 is 0. The summed E-state index contributed by atoms with van der Waals surface area (Å²) in [7, 11) is 1.64. The minimum absolute atomic E-state index is 0.0240. The molecule has 0 aliphatic rings. The van der Waals surface area contributed by atoms with Crippen LogP contribution in [-0.4, -0.2) is 36.6 Å². The van der Waals surface area contributed by atoms with E-state index in [1.165, 1.54) is 0 Å². The van der Waals surface area contributed by atoms with Crippen molar-refractivity contribution in [1.82, 2.24) is 0 Å². The van der Waals surface area contributed by atoms with E-state index in [2.05, 4.69) is 0 Å². The van der Waals surface area contributed by atoms with Crippen molar-refractivity contribution < 1.29 is 19.7 Å². The second-order valence-corrected chi connectivity index (χ2v) is 4.61. The predicted octanol–water partition coefficient (Wildman–Crippen LogP) is 1.98. The lowest BCUT2D eigenvalue weighted by molar-refractivity contribution is 0.0251. The van der Waals surface area contributed by atoms with Gasteiger partial charge in [0.1, 0.15) is 5.75 Å². The zero-order valence-corrected chi connectivity index (χ0v) is 11.7. The van der Waals surface area contributed by atoms with Crippen LogP contribution in [0, 0.1) is 5.92 Å². The monoisotopic (exact) mass is 268 g/mol. The summed E-state index contributed by atoms with van der Waals surface area (Å²) < 4.78 is 10.6. The Morgan fingerprint density at radius 2 is 1.89 bits per heavy atom. The number of rotatable bonds is 9. The Balaban J connectivity index is 2.22. The van der Waals surface area contributed by atoms with Crippen molar-refractivity contribution in [2.24, 2.45) is 5.92 Å². The van der Waals surface area contributed by atoms with Crippen molar-refractivity contribution in [2.75, 3.05) is 20.3 Å². The van der Waals surface area contributed by atoms with Crippen LogP contribution >= 0.6 is 0 Å². The lowest BCUT2D eigenvalue weighted by atomic mass is 9.98. The molecule has 0 aromatic heterocycles. The van der Waals surface area contributed by atoms with E-state index in [0.717, 1.165) is 17.7 Å². The van der Waals surface area contributed by atoms with E-state index in [1.807, 2.05) is 31.2 Å². The molecule has 0 aliphatic carbocycles. The van der Waals surface area contributed by atoms with Gasteiger partial charge in [0.05, 0.1) is 19.8 Å². The normalized spacial score (nSPS) is 14.1. The van der Waals surface area contributed by atoms with Crippen LogP contribution in [-0.2, 0) is 11.3 Å². The van der Waals surface area contributed by atoms with Crippen molar-refractivity contribution in [3.05, 3.63) is 29.8 Å². The average molecular weight is 268 g/mol. The first-order chi connectivity index (χ1) is 9.21. The molecule has 4 nitrogen and oxygen atoms in total. The number of aliphatic hydroxyl groups is 2. The standard InChI is InChI=1S/C15H24O4/c1-3-13(10-16)15(17)8-9-19-11-12-4-6-14(18-2)7-5-12/h4-7,13,15-17H,3,8-11H2,1-2H3/t13-,15+/m1/s1. The van der Waals surface area contributed by atoms with Crippen LogP contribution in [0.5, 0.6) is 5.75 Å². The summed E-state index contributed by atoms with van der Waals surface area (Å²) in [6.45, 7) is 2.99. The average Bonchev–Trinajstić information content (AvgIpc) is 2.45. The third kappa shape index (κ3) is 5.59. The maximum atomic E-state index is 9.82. The van der Waals surface area contributed by atoms with Crippen LogP contribution < -0.4 is 4.74 Å². The molecule has 0 unspecified atom stereocenters. The third-order valence-electron chi connectivity index (χ3n) is 3.29. The Kier molecular flexibility index (Phi) is 7.48. The van der Waals surface area contributed by atoms with E-state index in [0.29, 0.717) is 19.6 Å². The zero-order chi connectivity index (χ0) is 14.1. The highest BCUT2D eigenvalue weighted by molar-refractivity contribution is 5.26. The largest absolute Gasteiger partial charge is 0.497 e. The van der Waals surface area contributed by atoms with E-state index in [1.54, 1.807) is 7.11 Å². The van der Waals surface area contributed by atoms with Crippen molar-refractivity contribution in [1.29, 1.82) is 0 Å². The fourth-order valence-electron chi connectivity index (χ4n) is 1.87. The third-order valence-corrected chi connectivity index (χ3v) is 3.29. The topological polar surface area (TPSA) is 58.9 Å². The second-order valence-electron chi connectivity index (χ2n) is 4.61. The van der Waals surface area contributed by atoms with Crippen molar-refractivity contribution in [3.63, 3.8) is 0 Å². The fourth-order valence-corrected chi connectivity index (χ4v) is 1.87. The zero-order valence-electron chi connectivity index (χ0n) is 11.7. The SMILES string of the molecule is CC[C@H](CO)[C@@H](O)CCOCc1ccc(OC)cc1. The van der Waals surface area contributed by atoms with Gasteiger partial charge in [-0.2, -0.15) is 0 Å². The van der Waals surface area contributed by atoms with Gasteiger partial charge in [-0.25, -0.2) is 0 Å². The molecular weight excluding hydrogens is 244 g/mol. The van der Waals surface area contributed by atoms with Gasteiger partial charge in [0, 0.05) is 19.1 Å². The van der Waals surface area contributed by atoms with E-state index in [-0.39, 0.29) is 12.5 Å². The van der Waals surface area contributed by atoms with Crippen LogP contribution in [0.25, 0.3) is 0 Å². The summed E-state index contributed by atoms with van der Waals surface area (Å²) in [5, 5.41) is 18.9. The maximum Gasteiger partial charge on any atom is 0.118 e. The molecular formula is C15H24O4. The molecule has 1 aromatic rings. The Morgan fingerprint density at radius 3 is 2.42 bits per heavy atom. The number of benzene rings is 1. The fraction of sp³-hybridized carbons (Fsp3) is 0.600. The molecule has 0 bridgehead atoms. The molecule has 19 heavy (non-hydrogen) atoms. The molecule has 2 N–H and O–H groups in total. The first-order valence-electron chi connectivity index (χ1n) is 6.70. The van der Waals surface area contributed by atoms with E-state index in [4.69, 9.17) is 14.6 Å². The smallest absolute Gasteiger partial charge is 0.118 e. The van der Waals surface area contributed by atoms with Crippen molar-refractivity contribution in [2.45, 2.75) is 32.5 Å². The lowest BCUT2D eigenvalue weighted by Crippen LogP contribution is -2.24. The predicted molar refractivity (Wildman–Crippen MR) is 74.1 cm³/mol. The molecule has 1 rings (SSSR count). The summed E-state index contributed by atoms with van der Waals surface area (Å²) in [5.41, 5.74) is 1.07. The van der Waals surface area contributed by atoms with Gasteiger partial charge in [-0.05, 0) is 30.5 Å². The van der Waals surface area contributed by atoms with Gasteiger partial charge in [-0.15, -0.1) is 0 Å². The maximum absolute atomic E-state index is 9.82. The van der Waals surface area contributed by atoms with Gasteiger partial charge in [0.2, 0.25) is 0 Å². The van der Waals surface area contributed by atoms with Crippen LogP contribution in [0.1, 0.15) is 25.3 Å². The number of aliphatic hydroxyl groups excluding tert-OH is 2. The molecule has 2 atom stereocenters. The van der Waals surface area contributed by atoms with Gasteiger partial charge >= 0.3 is 0 Å². The van der Waals surface area contributed by atoms with Crippen LogP contribution in [0.2, 0.25) is 0 Å². The number of ether oxygens (including phenoxy) is 2. The van der Waals surface area contributed by atoms with Gasteiger partial charge in [0.15, 0.2) is 0 Å². The summed E-state index contributed by atoms with van der Waals surface area (Å²) in [5.74, 6) is 0.775. The molecule has 4 heteroatoms. The van der Waals surface area contributed by atoms with E-state index < -0.39 is 6.10 Å². The molecule has 0 aliphatic heterocycles. The molecule has 0 saturated heterocycles. The van der Waals surface area contributed by atoms with Crippen molar-refractivity contribution in [3.8, 4) is 5.75 Å². The Bertz CT molecular complexity index is 333. The number of hydrogen-bond acceptors (Lipinski definition) is 4. The molecule has 0 saturated carbocycles. The highest BCUT2D eigenvalue weighted by Gasteiger charge is 2.15. The molecule has 1 aromatic carbocycles. The molecule has 0 fully saturated rings. The van der Waals surface area contributed by atoms with Gasteiger partial charge in [0.25, 0.3) is 0 Å². The highest BCUT2D eigenvalue weighted by atomic mass is 16.5. The molecule has 0 heterocycles. The van der Waals surface area contributed by atoms with Gasteiger partial charge in [-0.1, -0.05) is 19.1 Å². The Labute approximate surface area is 115 Å². The molecule has 0 spiro atoms.